The van der Waals surface area contributed by atoms with Crippen LogP contribution in [0.3, 0.4) is 0 Å². The standard InChI is InChI=1S/C18H20N4O5/c1-10-8-21(9-13(10)18(24)25)17(23)16-11(2)22(20-19-16)12-3-4-14-15(7-12)27-6-5-26-14/h3-4,7,10,13H,5-6,8-9H2,1-2H3,(H,24,25)/t10-,13-/m1/s1. The van der Waals surface area contributed by atoms with E-state index >= 15 is 0 Å². The van der Waals surface area contributed by atoms with Crippen molar-refractivity contribution in [3.63, 3.8) is 0 Å². The van der Waals surface area contributed by atoms with Crippen LogP contribution in [-0.4, -0.2) is 63.2 Å². The quantitative estimate of drug-likeness (QED) is 0.861. The molecule has 2 atom stereocenters. The van der Waals surface area contributed by atoms with Crippen LogP contribution in [-0.2, 0) is 4.79 Å². The molecule has 27 heavy (non-hydrogen) atoms. The molecule has 0 bridgehead atoms. The summed E-state index contributed by atoms with van der Waals surface area (Å²) in [6.45, 7) is 5.17. The first-order valence-electron chi connectivity index (χ1n) is 8.80. The highest BCUT2D eigenvalue weighted by atomic mass is 16.6. The molecule has 142 valence electrons. The number of carbonyl (C=O) groups is 2. The molecule has 2 aromatic rings. The SMILES string of the molecule is Cc1c(C(=O)N2C[C@@H](C)[C@H](C(=O)O)C2)nnn1-c1ccc2c(c1)OCCO2. The minimum Gasteiger partial charge on any atom is -0.486 e. The third-order valence-corrected chi connectivity index (χ3v) is 5.08. The molecule has 0 saturated carbocycles. The van der Waals surface area contributed by atoms with Crippen molar-refractivity contribution in [1.29, 1.82) is 0 Å². The highest BCUT2D eigenvalue weighted by molar-refractivity contribution is 5.94. The van der Waals surface area contributed by atoms with Gasteiger partial charge in [0.25, 0.3) is 5.91 Å². The first-order chi connectivity index (χ1) is 13.0. The van der Waals surface area contributed by atoms with Crippen molar-refractivity contribution in [2.24, 2.45) is 11.8 Å². The second-order valence-electron chi connectivity index (χ2n) is 6.90. The third-order valence-electron chi connectivity index (χ3n) is 5.08. The van der Waals surface area contributed by atoms with Gasteiger partial charge in [0.2, 0.25) is 0 Å². The van der Waals surface area contributed by atoms with Gasteiger partial charge in [-0.25, -0.2) is 4.68 Å². The Morgan fingerprint density at radius 2 is 1.93 bits per heavy atom. The minimum absolute atomic E-state index is 0.0976. The van der Waals surface area contributed by atoms with E-state index < -0.39 is 11.9 Å². The summed E-state index contributed by atoms with van der Waals surface area (Å²) in [5, 5.41) is 17.4. The van der Waals surface area contributed by atoms with Crippen LogP contribution in [0.15, 0.2) is 18.2 Å². The highest BCUT2D eigenvalue weighted by Gasteiger charge is 2.38. The molecule has 0 radical (unpaired) electrons. The molecule has 9 nitrogen and oxygen atoms in total. The van der Waals surface area contributed by atoms with Crippen molar-refractivity contribution < 1.29 is 24.2 Å². The number of carboxylic acid groups (broad SMARTS) is 1. The summed E-state index contributed by atoms with van der Waals surface area (Å²) in [5.41, 5.74) is 1.52. The lowest BCUT2D eigenvalue weighted by molar-refractivity contribution is -0.142. The van der Waals surface area contributed by atoms with Crippen molar-refractivity contribution in [2.45, 2.75) is 13.8 Å². The second kappa shape index (κ2) is 6.57. The summed E-state index contributed by atoms with van der Waals surface area (Å²) in [6, 6.07) is 5.41. The molecule has 1 aromatic heterocycles. The Labute approximate surface area is 155 Å². The number of benzene rings is 1. The smallest absolute Gasteiger partial charge is 0.308 e. The van der Waals surface area contributed by atoms with Crippen LogP contribution in [0.4, 0.5) is 0 Å². The van der Waals surface area contributed by atoms with Crippen LogP contribution in [0.2, 0.25) is 0 Å². The van der Waals surface area contributed by atoms with Crippen molar-refractivity contribution >= 4 is 11.9 Å². The molecule has 4 rings (SSSR count). The summed E-state index contributed by atoms with van der Waals surface area (Å²) in [5.74, 6) is -0.535. The summed E-state index contributed by atoms with van der Waals surface area (Å²) in [6.07, 6.45) is 0. The minimum atomic E-state index is -0.880. The lowest BCUT2D eigenvalue weighted by Crippen LogP contribution is -2.30. The van der Waals surface area contributed by atoms with Gasteiger partial charge in [0.1, 0.15) is 13.2 Å². The van der Waals surface area contributed by atoms with Crippen LogP contribution in [0.1, 0.15) is 23.1 Å². The lowest BCUT2D eigenvalue weighted by atomic mass is 9.99. The zero-order chi connectivity index (χ0) is 19.1. The molecule has 1 N–H and O–H groups in total. The maximum Gasteiger partial charge on any atom is 0.308 e. The molecule has 0 spiro atoms. The van der Waals surface area contributed by atoms with Crippen molar-refractivity contribution in [2.75, 3.05) is 26.3 Å². The number of aromatic nitrogens is 3. The summed E-state index contributed by atoms with van der Waals surface area (Å²) in [4.78, 5) is 25.7. The monoisotopic (exact) mass is 372 g/mol. The molecule has 1 saturated heterocycles. The largest absolute Gasteiger partial charge is 0.486 e. The van der Waals surface area contributed by atoms with Gasteiger partial charge in [-0.15, -0.1) is 5.10 Å². The summed E-state index contributed by atoms with van der Waals surface area (Å²) >= 11 is 0. The molecule has 0 aliphatic carbocycles. The number of aliphatic carboxylic acids is 1. The molecular formula is C18H20N4O5. The fraction of sp³-hybridized carbons (Fsp3) is 0.444. The van der Waals surface area contributed by atoms with Crippen LogP contribution < -0.4 is 9.47 Å². The van der Waals surface area contributed by atoms with Gasteiger partial charge in [-0.2, -0.15) is 0 Å². The average Bonchev–Trinajstić information content (AvgIpc) is 3.24. The number of hydrogen-bond donors (Lipinski definition) is 1. The Morgan fingerprint density at radius 1 is 1.19 bits per heavy atom. The zero-order valence-electron chi connectivity index (χ0n) is 15.1. The molecule has 1 amide bonds. The molecule has 2 aliphatic rings. The van der Waals surface area contributed by atoms with Gasteiger partial charge in [-0.05, 0) is 25.0 Å². The van der Waals surface area contributed by atoms with E-state index in [-0.39, 0.29) is 24.1 Å². The van der Waals surface area contributed by atoms with E-state index in [0.717, 1.165) is 0 Å². The molecule has 0 unspecified atom stereocenters. The third kappa shape index (κ3) is 2.98. The van der Waals surface area contributed by atoms with Gasteiger partial charge < -0.3 is 19.5 Å². The Morgan fingerprint density at radius 3 is 2.63 bits per heavy atom. The predicted octanol–water partition coefficient (Wildman–Crippen LogP) is 1.14. The fourth-order valence-corrected chi connectivity index (χ4v) is 3.54. The Bertz CT molecular complexity index is 909. The van der Waals surface area contributed by atoms with Crippen molar-refractivity contribution in [1.82, 2.24) is 19.9 Å². The maximum absolute atomic E-state index is 12.8. The van der Waals surface area contributed by atoms with Crippen LogP contribution in [0, 0.1) is 18.8 Å². The number of hydrogen-bond acceptors (Lipinski definition) is 6. The first-order valence-corrected chi connectivity index (χ1v) is 8.80. The Kier molecular flexibility index (Phi) is 4.21. The molecule has 2 aliphatic heterocycles. The van der Waals surface area contributed by atoms with Gasteiger partial charge in [0.15, 0.2) is 17.2 Å². The predicted molar refractivity (Wildman–Crippen MR) is 93.3 cm³/mol. The number of likely N-dealkylation sites (tertiary alicyclic amines) is 1. The zero-order valence-corrected chi connectivity index (χ0v) is 15.1. The normalized spacial score (nSPS) is 21.3. The van der Waals surface area contributed by atoms with Crippen molar-refractivity contribution in [3.05, 3.63) is 29.6 Å². The van der Waals surface area contributed by atoms with Crippen LogP contribution in [0.5, 0.6) is 11.5 Å². The first kappa shape index (κ1) is 17.3. The number of ether oxygens (including phenoxy) is 2. The summed E-state index contributed by atoms with van der Waals surface area (Å²) in [7, 11) is 0. The van der Waals surface area contributed by atoms with Gasteiger partial charge in [-0.1, -0.05) is 12.1 Å². The lowest BCUT2D eigenvalue weighted by Gasteiger charge is -2.19. The number of rotatable bonds is 3. The van der Waals surface area contributed by atoms with E-state index in [1.165, 1.54) is 4.90 Å². The second-order valence-corrected chi connectivity index (χ2v) is 6.90. The molecule has 1 fully saturated rings. The van der Waals surface area contributed by atoms with Crippen LogP contribution in [0.25, 0.3) is 5.69 Å². The number of carboxylic acids is 1. The number of fused-ring (bicyclic) bond motifs is 1. The number of amides is 1. The van der Waals surface area contributed by atoms with Crippen LogP contribution >= 0.6 is 0 Å². The van der Waals surface area contributed by atoms with E-state index in [0.29, 0.717) is 42.6 Å². The molecule has 3 heterocycles. The molecule has 1 aromatic carbocycles. The van der Waals surface area contributed by atoms with E-state index in [1.54, 1.807) is 23.7 Å². The van der Waals surface area contributed by atoms with Crippen molar-refractivity contribution in [3.8, 4) is 17.2 Å². The van der Waals surface area contributed by atoms with E-state index in [2.05, 4.69) is 10.3 Å². The fourth-order valence-electron chi connectivity index (χ4n) is 3.54. The Balaban J connectivity index is 1.59. The van der Waals surface area contributed by atoms with E-state index in [9.17, 15) is 14.7 Å². The van der Waals surface area contributed by atoms with Gasteiger partial charge >= 0.3 is 5.97 Å². The Hall–Kier alpha value is -3.10. The van der Waals surface area contributed by atoms with E-state index in [1.807, 2.05) is 13.0 Å². The molecular weight excluding hydrogens is 352 g/mol. The molecule has 9 heteroatoms. The maximum atomic E-state index is 12.8. The highest BCUT2D eigenvalue weighted by Crippen LogP contribution is 2.32. The summed E-state index contributed by atoms with van der Waals surface area (Å²) < 4.78 is 12.7. The number of carbonyl (C=O) groups excluding carboxylic acids is 1. The topological polar surface area (TPSA) is 107 Å². The van der Waals surface area contributed by atoms with Gasteiger partial charge in [0.05, 0.1) is 17.3 Å². The number of nitrogens with zero attached hydrogens (tertiary/aromatic N) is 4. The average molecular weight is 372 g/mol. The van der Waals surface area contributed by atoms with Gasteiger partial charge in [-0.3, -0.25) is 9.59 Å². The van der Waals surface area contributed by atoms with Gasteiger partial charge in [0, 0.05) is 19.2 Å². The van der Waals surface area contributed by atoms with E-state index in [4.69, 9.17) is 9.47 Å².